The lowest BCUT2D eigenvalue weighted by molar-refractivity contribution is -0.385. The first-order valence-corrected chi connectivity index (χ1v) is 8.47. The van der Waals surface area contributed by atoms with Crippen molar-refractivity contribution in [1.82, 2.24) is 5.32 Å². The Morgan fingerprint density at radius 1 is 1.26 bits per heavy atom. The van der Waals surface area contributed by atoms with Gasteiger partial charge in [-0.2, -0.15) is 0 Å². The van der Waals surface area contributed by atoms with Crippen LogP contribution in [0.2, 0.25) is 0 Å². The molecular formula is C20H18N2O5. The Morgan fingerprint density at radius 3 is 2.78 bits per heavy atom. The summed E-state index contributed by atoms with van der Waals surface area (Å²) < 4.78 is 4.83. The van der Waals surface area contributed by atoms with Gasteiger partial charge in [0.25, 0.3) is 0 Å². The molecule has 27 heavy (non-hydrogen) atoms. The number of benzene rings is 2. The van der Waals surface area contributed by atoms with Crippen LogP contribution >= 0.6 is 0 Å². The molecule has 7 heteroatoms. The number of rotatable bonds is 5. The molecule has 0 bridgehead atoms. The van der Waals surface area contributed by atoms with E-state index in [1.54, 1.807) is 6.07 Å². The minimum atomic E-state index is -0.641. The van der Waals surface area contributed by atoms with Crippen molar-refractivity contribution < 1.29 is 19.2 Å². The molecule has 138 valence electrons. The molecule has 1 aliphatic carbocycles. The standard InChI is InChI=1S/C20H18N2O5/c1-13(23)27-19-10-6-14(12-18(19)22(25)26)7-11-20(24)21-17-9-8-15-4-2-3-5-16(15)17/h2-7,10-12,17H,8-9H2,1H3,(H,21,24). The SMILES string of the molecule is CC(=O)Oc1ccc(C=CC(=O)NC2CCc3ccccc32)cc1[N+](=O)[O-]. The zero-order chi connectivity index (χ0) is 19.4. The zero-order valence-corrected chi connectivity index (χ0v) is 14.7. The highest BCUT2D eigenvalue weighted by atomic mass is 16.6. The number of ether oxygens (including phenoxy) is 1. The number of carbonyl (C=O) groups excluding carboxylic acids is 2. The Balaban J connectivity index is 1.70. The summed E-state index contributed by atoms with van der Waals surface area (Å²) in [6, 6.07) is 12.1. The first-order chi connectivity index (χ1) is 12.9. The van der Waals surface area contributed by atoms with Crippen LogP contribution in [0, 0.1) is 10.1 Å². The third kappa shape index (κ3) is 4.38. The highest BCUT2D eigenvalue weighted by Gasteiger charge is 2.22. The summed E-state index contributed by atoms with van der Waals surface area (Å²) in [6.45, 7) is 1.17. The molecule has 1 atom stereocenters. The van der Waals surface area contributed by atoms with Gasteiger partial charge in [0.05, 0.1) is 11.0 Å². The Kier molecular flexibility index (Phi) is 5.30. The number of nitro groups is 1. The Morgan fingerprint density at radius 2 is 2.04 bits per heavy atom. The van der Waals surface area contributed by atoms with Gasteiger partial charge < -0.3 is 10.1 Å². The second kappa shape index (κ2) is 7.82. The summed E-state index contributed by atoms with van der Waals surface area (Å²) in [5.41, 5.74) is 2.49. The number of hydrogen-bond donors (Lipinski definition) is 1. The van der Waals surface area contributed by atoms with Crippen LogP contribution in [0.3, 0.4) is 0 Å². The van der Waals surface area contributed by atoms with Crippen molar-refractivity contribution in [2.75, 3.05) is 0 Å². The van der Waals surface area contributed by atoms with Gasteiger partial charge in [-0.15, -0.1) is 0 Å². The molecule has 1 N–H and O–H groups in total. The lowest BCUT2D eigenvalue weighted by Gasteiger charge is -2.12. The van der Waals surface area contributed by atoms with Gasteiger partial charge in [0.1, 0.15) is 0 Å². The van der Waals surface area contributed by atoms with Crippen molar-refractivity contribution in [3.63, 3.8) is 0 Å². The third-order valence-corrected chi connectivity index (χ3v) is 4.31. The number of carbonyl (C=O) groups is 2. The number of nitrogens with zero attached hydrogens (tertiary/aromatic N) is 1. The monoisotopic (exact) mass is 366 g/mol. The average Bonchev–Trinajstić information content (AvgIpc) is 3.03. The van der Waals surface area contributed by atoms with E-state index < -0.39 is 10.9 Å². The molecule has 0 heterocycles. The molecule has 1 aliphatic rings. The summed E-state index contributed by atoms with van der Waals surface area (Å²) in [5.74, 6) is -1.04. The molecule has 7 nitrogen and oxygen atoms in total. The summed E-state index contributed by atoms with van der Waals surface area (Å²) in [6.07, 6.45) is 4.60. The highest BCUT2D eigenvalue weighted by Crippen LogP contribution is 2.31. The minimum Gasteiger partial charge on any atom is -0.419 e. The summed E-state index contributed by atoms with van der Waals surface area (Å²) >= 11 is 0. The highest BCUT2D eigenvalue weighted by molar-refractivity contribution is 5.92. The lowest BCUT2D eigenvalue weighted by Crippen LogP contribution is -2.25. The molecule has 1 unspecified atom stereocenters. The molecule has 2 aromatic carbocycles. The van der Waals surface area contributed by atoms with Gasteiger partial charge in [-0.3, -0.25) is 19.7 Å². The molecule has 0 aliphatic heterocycles. The maximum atomic E-state index is 12.2. The molecule has 0 spiro atoms. The predicted molar refractivity (Wildman–Crippen MR) is 99.1 cm³/mol. The van der Waals surface area contributed by atoms with Gasteiger partial charge in [0.2, 0.25) is 11.7 Å². The molecule has 0 saturated heterocycles. The van der Waals surface area contributed by atoms with Crippen LogP contribution in [0.15, 0.2) is 48.5 Å². The van der Waals surface area contributed by atoms with E-state index in [9.17, 15) is 19.7 Å². The van der Waals surface area contributed by atoms with E-state index in [2.05, 4.69) is 11.4 Å². The fourth-order valence-electron chi connectivity index (χ4n) is 3.12. The van der Waals surface area contributed by atoms with Gasteiger partial charge in [-0.05, 0) is 41.7 Å². The molecule has 0 fully saturated rings. The normalized spacial score (nSPS) is 15.4. The Bertz CT molecular complexity index is 936. The largest absolute Gasteiger partial charge is 0.419 e. The van der Waals surface area contributed by atoms with E-state index in [1.165, 1.54) is 36.8 Å². The van der Waals surface area contributed by atoms with Crippen LogP contribution < -0.4 is 10.1 Å². The van der Waals surface area contributed by atoms with Gasteiger partial charge >= 0.3 is 11.7 Å². The molecular weight excluding hydrogens is 348 g/mol. The van der Waals surface area contributed by atoms with Gasteiger partial charge in [0.15, 0.2) is 0 Å². The molecule has 2 aromatic rings. The van der Waals surface area contributed by atoms with Gasteiger partial charge in [0, 0.05) is 19.1 Å². The van der Waals surface area contributed by atoms with Crippen LogP contribution in [-0.4, -0.2) is 16.8 Å². The quantitative estimate of drug-likeness (QED) is 0.288. The van der Waals surface area contributed by atoms with Crippen molar-refractivity contribution in [3.8, 4) is 5.75 Å². The van der Waals surface area contributed by atoms with Crippen molar-refractivity contribution in [3.05, 3.63) is 75.3 Å². The van der Waals surface area contributed by atoms with Crippen LogP contribution in [-0.2, 0) is 16.0 Å². The summed E-state index contributed by atoms with van der Waals surface area (Å²) in [5, 5.41) is 14.1. The van der Waals surface area contributed by atoms with Crippen LogP contribution in [0.25, 0.3) is 6.08 Å². The van der Waals surface area contributed by atoms with Crippen LogP contribution in [0.1, 0.15) is 36.1 Å². The van der Waals surface area contributed by atoms with Crippen molar-refractivity contribution in [1.29, 1.82) is 0 Å². The number of nitro benzene ring substituents is 1. The first kappa shape index (κ1) is 18.3. The maximum absolute atomic E-state index is 12.2. The second-order valence-electron chi connectivity index (χ2n) is 6.21. The van der Waals surface area contributed by atoms with E-state index in [0.717, 1.165) is 18.4 Å². The average molecular weight is 366 g/mol. The fraction of sp³-hybridized carbons (Fsp3) is 0.200. The predicted octanol–water partition coefficient (Wildman–Crippen LogP) is 3.34. The number of nitrogens with one attached hydrogen (secondary N) is 1. The molecule has 0 aromatic heterocycles. The van der Waals surface area contributed by atoms with E-state index >= 15 is 0 Å². The Hall–Kier alpha value is -3.48. The second-order valence-corrected chi connectivity index (χ2v) is 6.21. The number of fused-ring (bicyclic) bond motifs is 1. The molecule has 0 saturated carbocycles. The van der Waals surface area contributed by atoms with Crippen LogP contribution in [0.5, 0.6) is 5.75 Å². The minimum absolute atomic E-state index is 0.0287. The van der Waals surface area contributed by atoms with E-state index in [4.69, 9.17) is 4.74 Å². The Labute approximate surface area is 155 Å². The van der Waals surface area contributed by atoms with Crippen LogP contribution in [0.4, 0.5) is 5.69 Å². The summed E-state index contributed by atoms with van der Waals surface area (Å²) in [4.78, 5) is 33.8. The van der Waals surface area contributed by atoms with Crippen molar-refractivity contribution >= 4 is 23.6 Å². The van der Waals surface area contributed by atoms with E-state index in [-0.39, 0.29) is 23.4 Å². The van der Waals surface area contributed by atoms with E-state index in [1.807, 2.05) is 18.2 Å². The maximum Gasteiger partial charge on any atom is 0.312 e. The number of esters is 1. The molecule has 0 radical (unpaired) electrons. The first-order valence-electron chi connectivity index (χ1n) is 8.47. The zero-order valence-electron chi connectivity index (χ0n) is 14.7. The molecule has 3 rings (SSSR count). The number of hydrogen-bond acceptors (Lipinski definition) is 5. The van der Waals surface area contributed by atoms with Crippen molar-refractivity contribution in [2.24, 2.45) is 0 Å². The van der Waals surface area contributed by atoms with E-state index in [0.29, 0.717) is 5.56 Å². The van der Waals surface area contributed by atoms with Gasteiger partial charge in [-0.25, -0.2) is 0 Å². The number of aryl methyl sites for hydroxylation is 1. The third-order valence-electron chi connectivity index (χ3n) is 4.31. The summed E-state index contributed by atoms with van der Waals surface area (Å²) in [7, 11) is 0. The van der Waals surface area contributed by atoms with Gasteiger partial charge in [-0.1, -0.05) is 30.3 Å². The molecule has 1 amide bonds. The lowest BCUT2D eigenvalue weighted by atomic mass is 10.1. The smallest absolute Gasteiger partial charge is 0.312 e. The fourth-order valence-corrected chi connectivity index (χ4v) is 3.12. The number of amides is 1. The topological polar surface area (TPSA) is 98.5 Å². The van der Waals surface area contributed by atoms with Crippen molar-refractivity contribution in [2.45, 2.75) is 25.8 Å².